The van der Waals surface area contributed by atoms with Crippen molar-refractivity contribution in [2.24, 2.45) is 0 Å². The first-order valence-corrected chi connectivity index (χ1v) is 8.59. The van der Waals surface area contributed by atoms with Crippen molar-refractivity contribution in [2.45, 2.75) is 38.1 Å². The van der Waals surface area contributed by atoms with Crippen LogP contribution in [0.15, 0.2) is 42.5 Å². The smallest absolute Gasteiger partial charge is 0.254 e. The summed E-state index contributed by atoms with van der Waals surface area (Å²) in [6.07, 6.45) is 5.49. The zero-order valence-electron chi connectivity index (χ0n) is 13.8. The number of methoxy groups -OCH3 is 1. The summed E-state index contributed by atoms with van der Waals surface area (Å²) >= 11 is 0. The van der Waals surface area contributed by atoms with Crippen LogP contribution in [0.5, 0.6) is 0 Å². The lowest BCUT2D eigenvalue weighted by molar-refractivity contribution is 0.0587. The summed E-state index contributed by atoms with van der Waals surface area (Å²) in [5.41, 5.74) is 0.835. The van der Waals surface area contributed by atoms with E-state index in [1.54, 1.807) is 7.11 Å². The number of carbonyl (C=O) groups excluding carboxylic acids is 1. The van der Waals surface area contributed by atoms with Crippen LogP contribution in [0.1, 0.15) is 42.5 Å². The standard InChI is InChI=1S/C20H25NO2/c1-23-15-7-11-17-10-4-5-14-21(17)20(22)19-13-6-9-16-8-2-3-12-18(16)19/h2-3,6,8-9,12-13,17H,4-5,7,10-11,14-15H2,1H3/t17-/m1/s1. The average Bonchev–Trinajstić information content (AvgIpc) is 2.61. The Hall–Kier alpha value is -1.87. The Morgan fingerprint density at radius 3 is 2.87 bits per heavy atom. The minimum absolute atomic E-state index is 0.184. The third-order valence-corrected chi connectivity index (χ3v) is 4.79. The number of likely N-dealkylation sites (tertiary alicyclic amines) is 1. The van der Waals surface area contributed by atoms with Crippen molar-refractivity contribution in [3.05, 3.63) is 48.0 Å². The van der Waals surface area contributed by atoms with Crippen LogP contribution in [0.4, 0.5) is 0 Å². The van der Waals surface area contributed by atoms with E-state index in [0.717, 1.165) is 55.2 Å². The number of amides is 1. The molecule has 0 aliphatic carbocycles. The molecule has 122 valence electrons. The van der Waals surface area contributed by atoms with Gasteiger partial charge in [0.25, 0.3) is 5.91 Å². The van der Waals surface area contributed by atoms with Gasteiger partial charge in [-0.25, -0.2) is 0 Å². The number of carbonyl (C=O) groups is 1. The quantitative estimate of drug-likeness (QED) is 0.772. The molecule has 1 heterocycles. The number of hydrogen-bond acceptors (Lipinski definition) is 2. The van der Waals surface area contributed by atoms with Gasteiger partial charge in [0.2, 0.25) is 0 Å². The highest BCUT2D eigenvalue weighted by Crippen LogP contribution is 2.26. The number of piperidine rings is 1. The van der Waals surface area contributed by atoms with Crippen LogP contribution in [-0.2, 0) is 4.74 Å². The Kier molecular flexibility index (Phi) is 5.29. The topological polar surface area (TPSA) is 29.5 Å². The Morgan fingerprint density at radius 2 is 2.00 bits per heavy atom. The fourth-order valence-electron chi connectivity index (χ4n) is 3.60. The minimum Gasteiger partial charge on any atom is -0.385 e. The molecule has 2 aromatic carbocycles. The first kappa shape index (κ1) is 16.0. The lowest BCUT2D eigenvalue weighted by Gasteiger charge is -2.36. The third-order valence-electron chi connectivity index (χ3n) is 4.79. The van der Waals surface area contributed by atoms with Crippen LogP contribution >= 0.6 is 0 Å². The average molecular weight is 311 g/mol. The van der Waals surface area contributed by atoms with E-state index < -0.39 is 0 Å². The van der Waals surface area contributed by atoms with Crippen molar-refractivity contribution in [2.75, 3.05) is 20.3 Å². The van der Waals surface area contributed by atoms with Crippen molar-refractivity contribution < 1.29 is 9.53 Å². The van der Waals surface area contributed by atoms with E-state index in [1.165, 1.54) is 6.42 Å². The van der Waals surface area contributed by atoms with Gasteiger partial charge in [-0.15, -0.1) is 0 Å². The first-order valence-electron chi connectivity index (χ1n) is 8.59. The zero-order chi connectivity index (χ0) is 16.1. The molecule has 1 atom stereocenters. The number of hydrogen-bond donors (Lipinski definition) is 0. The van der Waals surface area contributed by atoms with E-state index in [2.05, 4.69) is 17.0 Å². The number of ether oxygens (including phenoxy) is 1. The molecule has 0 N–H and O–H groups in total. The van der Waals surface area contributed by atoms with Crippen molar-refractivity contribution in [1.82, 2.24) is 4.90 Å². The predicted octanol–water partition coefficient (Wildman–Crippen LogP) is 4.26. The molecule has 3 heteroatoms. The van der Waals surface area contributed by atoms with E-state index in [1.807, 2.05) is 30.3 Å². The maximum absolute atomic E-state index is 13.2. The lowest BCUT2D eigenvalue weighted by atomic mass is 9.96. The van der Waals surface area contributed by atoms with Gasteiger partial charge >= 0.3 is 0 Å². The highest BCUT2D eigenvalue weighted by atomic mass is 16.5. The van der Waals surface area contributed by atoms with Gasteiger partial charge in [0.15, 0.2) is 0 Å². The van der Waals surface area contributed by atoms with Gasteiger partial charge in [-0.3, -0.25) is 4.79 Å². The second-order valence-electron chi connectivity index (χ2n) is 6.31. The van der Waals surface area contributed by atoms with Crippen LogP contribution in [0.2, 0.25) is 0 Å². The highest BCUT2D eigenvalue weighted by Gasteiger charge is 2.27. The molecular weight excluding hydrogens is 286 g/mol. The van der Waals surface area contributed by atoms with Gasteiger partial charge in [-0.05, 0) is 48.9 Å². The van der Waals surface area contributed by atoms with E-state index >= 15 is 0 Å². The Balaban J connectivity index is 1.84. The van der Waals surface area contributed by atoms with Gasteiger partial charge in [0.1, 0.15) is 0 Å². The summed E-state index contributed by atoms with van der Waals surface area (Å²) < 4.78 is 5.17. The molecule has 1 amide bonds. The molecule has 1 saturated heterocycles. The Morgan fingerprint density at radius 1 is 1.17 bits per heavy atom. The summed E-state index contributed by atoms with van der Waals surface area (Å²) in [4.78, 5) is 15.2. The monoisotopic (exact) mass is 311 g/mol. The van der Waals surface area contributed by atoms with Gasteiger partial charge in [-0.1, -0.05) is 36.4 Å². The maximum Gasteiger partial charge on any atom is 0.254 e. The normalized spacial score (nSPS) is 18.3. The summed E-state index contributed by atoms with van der Waals surface area (Å²) in [6.45, 7) is 1.65. The van der Waals surface area contributed by atoms with Crippen molar-refractivity contribution in [3.63, 3.8) is 0 Å². The van der Waals surface area contributed by atoms with Crippen LogP contribution in [0.25, 0.3) is 10.8 Å². The lowest BCUT2D eigenvalue weighted by Crippen LogP contribution is -2.43. The molecule has 0 saturated carbocycles. The van der Waals surface area contributed by atoms with Crippen LogP contribution in [0.3, 0.4) is 0 Å². The SMILES string of the molecule is COCCC[C@H]1CCCCN1C(=O)c1cccc2ccccc12. The molecule has 1 aliphatic rings. The molecule has 0 spiro atoms. The molecule has 23 heavy (non-hydrogen) atoms. The molecule has 1 aliphatic heterocycles. The van der Waals surface area contributed by atoms with E-state index in [0.29, 0.717) is 6.04 Å². The molecule has 0 radical (unpaired) electrons. The number of nitrogens with zero attached hydrogens (tertiary/aromatic N) is 1. The minimum atomic E-state index is 0.184. The van der Waals surface area contributed by atoms with Crippen molar-refractivity contribution >= 4 is 16.7 Å². The van der Waals surface area contributed by atoms with Crippen LogP contribution in [0, 0.1) is 0 Å². The van der Waals surface area contributed by atoms with Crippen molar-refractivity contribution in [3.8, 4) is 0 Å². The Bertz CT molecular complexity index is 662. The first-order chi connectivity index (χ1) is 11.3. The molecule has 3 nitrogen and oxygen atoms in total. The van der Waals surface area contributed by atoms with E-state index in [4.69, 9.17) is 4.74 Å². The van der Waals surface area contributed by atoms with Crippen LogP contribution in [-0.4, -0.2) is 37.1 Å². The molecule has 0 unspecified atom stereocenters. The molecule has 0 aromatic heterocycles. The molecule has 3 rings (SSSR count). The third kappa shape index (κ3) is 3.56. The molecule has 1 fully saturated rings. The number of fused-ring (bicyclic) bond motifs is 1. The largest absolute Gasteiger partial charge is 0.385 e. The summed E-state index contributed by atoms with van der Waals surface area (Å²) in [5, 5.41) is 2.19. The van der Waals surface area contributed by atoms with E-state index in [-0.39, 0.29) is 5.91 Å². The number of benzene rings is 2. The summed E-state index contributed by atoms with van der Waals surface area (Å²) in [7, 11) is 1.74. The highest BCUT2D eigenvalue weighted by molar-refractivity contribution is 6.07. The van der Waals surface area contributed by atoms with Crippen molar-refractivity contribution in [1.29, 1.82) is 0 Å². The van der Waals surface area contributed by atoms with Gasteiger partial charge in [0.05, 0.1) is 0 Å². The van der Waals surface area contributed by atoms with E-state index in [9.17, 15) is 4.79 Å². The predicted molar refractivity (Wildman–Crippen MR) is 93.7 cm³/mol. The fraction of sp³-hybridized carbons (Fsp3) is 0.450. The Labute approximate surface area is 138 Å². The van der Waals surface area contributed by atoms with Gasteiger partial charge < -0.3 is 9.64 Å². The van der Waals surface area contributed by atoms with Gasteiger partial charge in [0, 0.05) is 31.9 Å². The zero-order valence-corrected chi connectivity index (χ0v) is 13.8. The number of rotatable bonds is 5. The van der Waals surface area contributed by atoms with Gasteiger partial charge in [-0.2, -0.15) is 0 Å². The maximum atomic E-state index is 13.2. The fourth-order valence-corrected chi connectivity index (χ4v) is 3.60. The molecule has 0 bridgehead atoms. The second kappa shape index (κ2) is 7.60. The summed E-state index contributed by atoms with van der Waals surface area (Å²) in [6, 6.07) is 14.5. The second-order valence-corrected chi connectivity index (χ2v) is 6.31. The molecular formula is C20H25NO2. The van der Waals surface area contributed by atoms with Crippen LogP contribution < -0.4 is 0 Å². The molecule has 2 aromatic rings. The summed E-state index contributed by atoms with van der Waals surface area (Å²) in [5.74, 6) is 0.184.